The van der Waals surface area contributed by atoms with Crippen molar-refractivity contribution >= 4 is 11.6 Å². The molecule has 3 heteroatoms. The highest BCUT2D eigenvalue weighted by Crippen LogP contribution is 2.56. The van der Waals surface area contributed by atoms with Gasteiger partial charge < -0.3 is 10.2 Å². The molecule has 0 radical (unpaired) electrons. The van der Waals surface area contributed by atoms with Crippen molar-refractivity contribution in [3.05, 3.63) is 101 Å². The monoisotopic (exact) mass is 368 g/mol. The number of hydrogen-bond donors (Lipinski definition) is 1. The molecule has 3 aromatic carbocycles. The van der Waals surface area contributed by atoms with Gasteiger partial charge in [0.05, 0.1) is 11.5 Å². The van der Waals surface area contributed by atoms with Crippen molar-refractivity contribution in [3.8, 4) is 0 Å². The molecule has 140 valence electrons. The first-order chi connectivity index (χ1) is 13.6. The van der Waals surface area contributed by atoms with E-state index in [9.17, 15) is 4.79 Å². The molecular formula is C25H24N2O. The van der Waals surface area contributed by atoms with Crippen molar-refractivity contribution in [3.63, 3.8) is 0 Å². The summed E-state index contributed by atoms with van der Waals surface area (Å²) in [5.41, 5.74) is 5.21. The fourth-order valence-corrected chi connectivity index (χ4v) is 5.02. The molecule has 0 unspecified atom stereocenters. The Labute approximate surface area is 166 Å². The van der Waals surface area contributed by atoms with Gasteiger partial charge in [0.15, 0.2) is 0 Å². The van der Waals surface area contributed by atoms with E-state index < -0.39 is 5.41 Å². The van der Waals surface area contributed by atoms with E-state index in [0.717, 1.165) is 17.7 Å². The van der Waals surface area contributed by atoms with Gasteiger partial charge in [-0.05, 0) is 36.1 Å². The summed E-state index contributed by atoms with van der Waals surface area (Å²) in [5.74, 6) is 0.185. The Morgan fingerprint density at radius 3 is 2.32 bits per heavy atom. The third kappa shape index (κ3) is 2.36. The zero-order valence-electron chi connectivity index (χ0n) is 16.2. The fraction of sp³-hybridized carbons (Fsp3) is 0.240. The van der Waals surface area contributed by atoms with Crippen LogP contribution in [0.3, 0.4) is 0 Å². The van der Waals surface area contributed by atoms with Crippen LogP contribution in [0.15, 0.2) is 78.9 Å². The number of rotatable bonds is 2. The molecule has 1 spiro atoms. The Hall–Kier alpha value is -2.91. The summed E-state index contributed by atoms with van der Waals surface area (Å²) in [6.07, 6.45) is 0.760. The number of anilines is 1. The van der Waals surface area contributed by atoms with Gasteiger partial charge in [0.2, 0.25) is 5.91 Å². The molecular weight excluding hydrogens is 344 g/mol. The average Bonchev–Trinajstić information content (AvgIpc) is 3.24. The summed E-state index contributed by atoms with van der Waals surface area (Å²) in [6, 6.07) is 27.4. The molecule has 2 heterocycles. The molecule has 2 aliphatic heterocycles. The standard InChI is InChI=1S/C25H24N2O/c1-17-12-14-19(15-13-17)23-25(16-21(26-23)18-8-4-3-5-9-18)20-10-6-7-11-22(20)27(2)24(25)28/h3-15,21,23,26H,16H2,1-2H3/t21-,23-,25+/m0/s1. The Bertz CT molecular complexity index is 1030. The van der Waals surface area contributed by atoms with E-state index in [0.29, 0.717) is 0 Å². The number of para-hydroxylation sites is 1. The normalized spacial score (nSPS) is 26.1. The largest absolute Gasteiger partial charge is 0.314 e. The summed E-state index contributed by atoms with van der Waals surface area (Å²) >= 11 is 0. The van der Waals surface area contributed by atoms with E-state index in [-0.39, 0.29) is 18.0 Å². The zero-order valence-corrected chi connectivity index (χ0v) is 16.2. The first-order valence-electron chi connectivity index (χ1n) is 9.86. The minimum Gasteiger partial charge on any atom is -0.314 e. The smallest absolute Gasteiger partial charge is 0.239 e. The number of likely N-dealkylation sites (N-methyl/N-ethyl adjacent to an activating group) is 1. The summed E-state index contributed by atoms with van der Waals surface area (Å²) < 4.78 is 0. The number of carbonyl (C=O) groups excluding carboxylic acids is 1. The van der Waals surface area contributed by atoms with Crippen molar-refractivity contribution < 1.29 is 4.79 Å². The topological polar surface area (TPSA) is 32.3 Å². The molecule has 0 saturated carbocycles. The van der Waals surface area contributed by atoms with Gasteiger partial charge in [-0.25, -0.2) is 0 Å². The lowest BCUT2D eigenvalue weighted by atomic mass is 9.71. The summed E-state index contributed by atoms with van der Waals surface area (Å²) in [5, 5.41) is 3.82. The molecule has 0 aromatic heterocycles. The highest BCUT2D eigenvalue weighted by molar-refractivity contribution is 6.08. The predicted octanol–water partition coefficient (Wildman–Crippen LogP) is 4.69. The number of nitrogens with one attached hydrogen (secondary N) is 1. The number of benzene rings is 3. The van der Waals surface area contributed by atoms with Crippen LogP contribution in [-0.2, 0) is 10.2 Å². The summed E-state index contributed by atoms with van der Waals surface area (Å²) in [4.78, 5) is 15.5. The van der Waals surface area contributed by atoms with Gasteiger partial charge in [0, 0.05) is 18.8 Å². The summed E-state index contributed by atoms with van der Waals surface area (Å²) in [6.45, 7) is 2.10. The van der Waals surface area contributed by atoms with E-state index in [2.05, 4.69) is 79.0 Å². The number of amides is 1. The van der Waals surface area contributed by atoms with E-state index in [1.165, 1.54) is 16.7 Å². The molecule has 5 rings (SSSR count). The predicted molar refractivity (Wildman–Crippen MR) is 112 cm³/mol. The highest BCUT2D eigenvalue weighted by atomic mass is 16.2. The van der Waals surface area contributed by atoms with E-state index >= 15 is 0 Å². The Morgan fingerprint density at radius 2 is 1.57 bits per heavy atom. The Balaban J connectivity index is 1.69. The van der Waals surface area contributed by atoms with Crippen molar-refractivity contribution in [2.45, 2.75) is 30.8 Å². The molecule has 28 heavy (non-hydrogen) atoms. The number of nitrogens with zero attached hydrogens (tertiary/aromatic N) is 1. The first-order valence-corrected chi connectivity index (χ1v) is 9.86. The lowest BCUT2D eigenvalue weighted by Crippen LogP contribution is -2.42. The van der Waals surface area contributed by atoms with Crippen molar-refractivity contribution in [2.75, 3.05) is 11.9 Å². The maximum Gasteiger partial charge on any atom is 0.239 e. The number of fused-ring (bicyclic) bond motifs is 2. The number of aryl methyl sites for hydroxylation is 1. The van der Waals surface area contributed by atoms with Crippen LogP contribution in [0.5, 0.6) is 0 Å². The van der Waals surface area contributed by atoms with Gasteiger partial charge in [-0.15, -0.1) is 0 Å². The van der Waals surface area contributed by atoms with Crippen LogP contribution >= 0.6 is 0 Å². The van der Waals surface area contributed by atoms with Crippen LogP contribution in [0.4, 0.5) is 5.69 Å². The summed E-state index contributed by atoms with van der Waals surface area (Å²) in [7, 11) is 1.90. The minimum absolute atomic E-state index is 0.0584. The molecule has 3 nitrogen and oxygen atoms in total. The van der Waals surface area contributed by atoms with Crippen LogP contribution in [0.1, 0.15) is 40.8 Å². The fourth-order valence-electron chi connectivity index (χ4n) is 5.02. The van der Waals surface area contributed by atoms with Crippen LogP contribution in [0.2, 0.25) is 0 Å². The average molecular weight is 368 g/mol. The van der Waals surface area contributed by atoms with Gasteiger partial charge in [0.1, 0.15) is 0 Å². The zero-order chi connectivity index (χ0) is 19.3. The van der Waals surface area contributed by atoms with Crippen molar-refractivity contribution in [1.29, 1.82) is 0 Å². The molecule has 2 aliphatic rings. The number of hydrogen-bond acceptors (Lipinski definition) is 2. The molecule has 3 aromatic rings. The lowest BCUT2D eigenvalue weighted by molar-refractivity contribution is -0.123. The molecule has 0 bridgehead atoms. The highest BCUT2D eigenvalue weighted by Gasteiger charge is 2.59. The van der Waals surface area contributed by atoms with Crippen LogP contribution in [0, 0.1) is 6.92 Å². The number of carbonyl (C=O) groups is 1. The maximum atomic E-state index is 13.7. The minimum atomic E-state index is -0.582. The van der Waals surface area contributed by atoms with Gasteiger partial charge in [0.25, 0.3) is 0 Å². The second-order valence-corrected chi connectivity index (χ2v) is 8.03. The molecule has 1 saturated heterocycles. The van der Waals surface area contributed by atoms with Crippen LogP contribution in [0.25, 0.3) is 0 Å². The van der Waals surface area contributed by atoms with Gasteiger partial charge in [-0.2, -0.15) is 0 Å². The SMILES string of the molecule is Cc1ccc([C@@H]2N[C@H](c3ccccc3)C[C@]23C(=O)N(C)c2ccccc23)cc1. The second-order valence-electron chi connectivity index (χ2n) is 8.03. The quantitative estimate of drug-likeness (QED) is 0.712. The van der Waals surface area contributed by atoms with E-state index in [1.807, 2.05) is 24.1 Å². The second kappa shape index (κ2) is 6.32. The Kier molecular flexibility index (Phi) is 3.88. The van der Waals surface area contributed by atoms with Gasteiger partial charge >= 0.3 is 0 Å². The molecule has 3 atom stereocenters. The maximum absolute atomic E-state index is 13.7. The van der Waals surface area contributed by atoms with Gasteiger partial charge in [-0.3, -0.25) is 4.79 Å². The third-order valence-corrected chi connectivity index (χ3v) is 6.43. The lowest BCUT2D eigenvalue weighted by Gasteiger charge is -2.30. The van der Waals surface area contributed by atoms with Gasteiger partial charge in [-0.1, -0.05) is 78.4 Å². The molecule has 1 fully saturated rings. The van der Waals surface area contributed by atoms with Crippen LogP contribution < -0.4 is 10.2 Å². The Morgan fingerprint density at radius 1 is 0.893 bits per heavy atom. The third-order valence-electron chi connectivity index (χ3n) is 6.43. The van der Waals surface area contributed by atoms with Crippen molar-refractivity contribution in [1.82, 2.24) is 5.32 Å². The molecule has 1 N–H and O–H groups in total. The van der Waals surface area contributed by atoms with E-state index in [4.69, 9.17) is 0 Å². The van der Waals surface area contributed by atoms with Crippen molar-refractivity contribution in [2.24, 2.45) is 0 Å². The molecule has 1 amide bonds. The van der Waals surface area contributed by atoms with Crippen LogP contribution in [-0.4, -0.2) is 13.0 Å². The van der Waals surface area contributed by atoms with E-state index in [1.54, 1.807) is 0 Å². The molecule has 0 aliphatic carbocycles. The first kappa shape index (κ1) is 17.2.